The van der Waals surface area contributed by atoms with Gasteiger partial charge in [0.15, 0.2) is 6.29 Å². The quantitative estimate of drug-likeness (QED) is 0.792. The van der Waals surface area contributed by atoms with Crippen LogP contribution >= 0.6 is 0 Å². The molecule has 2 amide bonds. The van der Waals surface area contributed by atoms with Crippen molar-refractivity contribution in [2.24, 2.45) is 0 Å². The normalized spacial score (nSPS) is 11.7. The van der Waals surface area contributed by atoms with Gasteiger partial charge in [0.1, 0.15) is 0 Å². The summed E-state index contributed by atoms with van der Waals surface area (Å²) in [7, 11) is 3.01. The molecule has 6 heteroatoms. The summed E-state index contributed by atoms with van der Waals surface area (Å²) in [6, 6.07) is 7.93. The van der Waals surface area contributed by atoms with Crippen molar-refractivity contribution in [1.82, 2.24) is 5.32 Å². The maximum absolute atomic E-state index is 11.7. The van der Waals surface area contributed by atoms with E-state index in [9.17, 15) is 4.79 Å². The molecule has 2 N–H and O–H groups in total. The number of rotatable bonds is 5. The number of hydrogen-bond acceptors (Lipinski definition) is 4. The summed E-state index contributed by atoms with van der Waals surface area (Å²) >= 11 is 0. The van der Waals surface area contributed by atoms with E-state index in [4.69, 9.17) is 14.7 Å². The van der Waals surface area contributed by atoms with Gasteiger partial charge in [0.2, 0.25) is 0 Å². The van der Waals surface area contributed by atoms with E-state index < -0.39 is 6.29 Å². The van der Waals surface area contributed by atoms with Crippen molar-refractivity contribution in [2.45, 2.75) is 19.3 Å². The molecule has 19 heavy (non-hydrogen) atoms. The Kier molecular flexibility index (Phi) is 5.79. The van der Waals surface area contributed by atoms with Crippen LogP contribution in [0.5, 0.6) is 0 Å². The Morgan fingerprint density at radius 2 is 1.84 bits per heavy atom. The molecule has 0 aromatic heterocycles. The number of methoxy groups -OCH3 is 2. The second-order valence-electron chi connectivity index (χ2n) is 3.92. The Hall–Kier alpha value is -2.10. The van der Waals surface area contributed by atoms with Gasteiger partial charge in [0.25, 0.3) is 0 Å². The fourth-order valence-electron chi connectivity index (χ4n) is 1.57. The van der Waals surface area contributed by atoms with Gasteiger partial charge in [-0.1, -0.05) is 0 Å². The smallest absolute Gasteiger partial charge is 0.319 e. The number of hydrogen-bond donors (Lipinski definition) is 2. The Morgan fingerprint density at radius 3 is 2.32 bits per heavy atom. The van der Waals surface area contributed by atoms with Crippen LogP contribution in [0.2, 0.25) is 0 Å². The van der Waals surface area contributed by atoms with Crippen molar-refractivity contribution >= 4 is 11.7 Å². The molecule has 102 valence electrons. The lowest BCUT2D eigenvalue weighted by atomic mass is 10.2. The third kappa shape index (κ3) is 4.58. The molecule has 0 spiro atoms. The number of anilines is 1. The van der Waals surface area contributed by atoms with E-state index in [-0.39, 0.29) is 12.1 Å². The van der Waals surface area contributed by atoms with Gasteiger partial charge >= 0.3 is 6.03 Å². The molecule has 0 heterocycles. The molecule has 0 aliphatic rings. The van der Waals surface area contributed by atoms with E-state index in [1.54, 1.807) is 31.2 Å². The van der Waals surface area contributed by atoms with Crippen LogP contribution in [-0.4, -0.2) is 32.6 Å². The van der Waals surface area contributed by atoms with Gasteiger partial charge in [-0.25, -0.2) is 4.79 Å². The number of benzene rings is 1. The predicted molar refractivity (Wildman–Crippen MR) is 70.6 cm³/mol. The lowest BCUT2D eigenvalue weighted by Gasteiger charge is -2.22. The van der Waals surface area contributed by atoms with Crippen molar-refractivity contribution in [1.29, 1.82) is 5.26 Å². The van der Waals surface area contributed by atoms with Crippen LogP contribution in [0.15, 0.2) is 24.3 Å². The van der Waals surface area contributed by atoms with Gasteiger partial charge in [-0.15, -0.1) is 0 Å². The number of carbonyl (C=O) groups is 1. The molecule has 0 saturated heterocycles. The summed E-state index contributed by atoms with van der Waals surface area (Å²) in [4.78, 5) is 11.7. The van der Waals surface area contributed by atoms with Crippen molar-refractivity contribution in [2.75, 3.05) is 19.5 Å². The second-order valence-corrected chi connectivity index (χ2v) is 3.92. The Morgan fingerprint density at radius 1 is 1.26 bits per heavy atom. The topological polar surface area (TPSA) is 83.4 Å². The third-order valence-corrected chi connectivity index (χ3v) is 2.50. The lowest BCUT2D eigenvalue weighted by Crippen LogP contribution is -2.44. The van der Waals surface area contributed by atoms with E-state index in [1.807, 2.05) is 6.07 Å². The molecule has 0 saturated carbocycles. The number of nitrogens with one attached hydrogen (secondary N) is 2. The zero-order chi connectivity index (χ0) is 14.3. The van der Waals surface area contributed by atoms with E-state index in [0.717, 1.165) is 0 Å². The highest BCUT2D eigenvalue weighted by Gasteiger charge is 2.17. The van der Waals surface area contributed by atoms with Crippen LogP contribution in [0.25, 0.3) is 0 Å². The minimum atomic E-state index is -0.508. The molecule has 0 radical (unpaired) electrons. The van der Waals surface area contributed by atoms with Crippen LogP contribution in [0.3, 0.4) is 0 Å². The van der Waals surface area contributed by atoms with Crippen molar-refractivity contribution < 1.29 is 14.3 Å². The van der Waals surface area contributed by atoms with Crippen LogP contribution in [0.1, 0.15) is 12.5 Å². The first-order chi connectivity index (χ1) is 9.10. The molecule has 1 atom stereocenters. The van der Waals surface area contributed by atoms with E-state index in [0.29, 0.717) is 11.3 Å². The lowest BCUT2D eigenvalue weighted by molar-refractivity contribution is -0.117. The Bertz CT molecular complexity index is 449. The molecule has 0 aliphatic carbocycles. The number of carbonyl (C=O) groups excluding carboxylic acids is 1. The number of nitriles is 1. The summed E-state index contributed by atoms with van der Waals surface area (Å²) in [5.41, 5.74) is 1.15. The molecule has 0 fully saturated rings. The Balaban J connectivity index is 2.53. The first kappa shape index (κ1) is 15.0. The average molecular weight is 263 g/mol. The molecular weight excluding hydrogens is 246 g/mol. The molecule has 0 aliphatic heterocycles. The van der Waals surface area contributed by atoms with Crippen molar-refractivity contribution in [3.05, 3.63) is 29.8 Å². The number of amides is 2. The average Bonchev–Trinajstić information content (AvgIpc) is 2.40. The Labute approximate surface area is 112 Å². The van der Waals surface area contributed by atoms with Crippen LogP contribution in [0.4, 0.5) is 10.5 Å². The summed E-state index contributed by atoms with van der Waals surface area (Å²) in [6.07, 6.45) is -0.508. The van der Waals surface area contributed by atoms with E-state index in [1.165, 1.54) is 14.2 Å². The second kappa shape index (κ2) is 7.36. The van der Waals surface area contributed by atoms with Gasteiger partial charge in [-0.05, 0) is 31.2 Å². The summed E-state index contributed by atoms with van der Waals surface area (Å²) in [5, 5.41) is 14.0. The molecule has 6 nitrogen and oxygen atoms in total. The predicted octanol–water partition coefficient (Wildman–Crippen LogP) is 1.69. The highest BCUT2D eigenvalue weighted by Crippen LogP contribution is 2.08. The summed E-state index contributed by atoms with van der Waals surface area (Å²) in [6.45, 7) is 1.77. The zero-order valence-electron chi connectivity index (χ0n) is 11.1. The molecular formula is C13H17N3O3. The minimum Gasteiger partial charge on any atom is -0.354 e. The molecule has 0 bridgehead atoms. The fourth-order valence-corrected chi connectivity index (χ4v) is 1.57. The maximum Gasteiger partial charge on any atom is 0.319 e. The zero-order valence-corrected chi connectivity index (χ0v) is 11.1. The first-order valence-electron chi connectivity index (χ1n) is 5.74. The molecule has 1 aromatic rings. The number of urea groups is 1. The first-order valence-corrected chi connectivity index (χ1v) is 5.74. The minimum absolute atomic E-state index is 0.298. The highest BCUT2D eigenvalue weighted by atomic mass is 16.7. The largest absolute Gasteiger partial charge is 0.354 e. The maximum atomic E-state index is 11.7. The van der Waals surface area contributed by atoms with Gasteiger partial charge in [0.05, 0.1) is 17.7 Å². The van der Waals surface area contributed by atoms with E-state index in [2.05, 4.69) is 10.6 Å². The van der Waals surface area contributed by atoms with Crippen LogP contribution < -0.4 is 10.6 Å². The SMILES string of the molecule is COC(OC)C(C)NC(=O)Nc1ccc(C#N)cc1. The summed E-state index contributed by atoms with van der Waals surface area (Å²) < 4.78 is 10.1. The highest BCUT2D eigenvalue weighted by molar-refractivity contribution is 5.89. The van der Waals surface area contributed by atoms with Gasteiger partial charge < -0.3 is 20.1 Å². The molecule has 1 unspecified atom stereocenters. The van der Waals surface area contributed by atoms with Gasteiger partial charge in [0, 0.05) is 19.9 Å². The summed E-state index contributed by atoms with van der Waals surface area (Å²) in [5.74, 6) is 0. The number of ether oxygens (including phenoxy) is 2. The van der Waals surface area contributed by atoms with Gasteiger partial charge in [-0.3, -0.25) is 0 Å². The van der Waals surface area contributed by atoms with Crippen LogP contribution in [0, 0.1) is 11.3 Å². The van der Waals surface area contributed by atoms with Crippen molar-refractivity contribution in [3.63, 3.8) is 0 Å². The molecule has 1 rings (SSSR count). The monoisotopic (exact) mass is 263 g/mol. The number of nitrogens with zero attached hydrogens (tertiary/aromatic N) is 1. The standard InChI is InChI=1S/C13H17N3O3/c1-9(12(18-2)19-3)15-13(17)16-11-6-4-10(8-14)5-7-11/h4-7,9,12H,1-3H3,(H2,15,16,17). The molecule has 1 aromatic carbocycles. The fraction of sp³-hybridized carbons (Fsp3) is 0.385. The van der Waals surface area contributed by atoms with Crippen molar-refractivity contribution in [3.8, 4) is 6.07 Å². The van der Waals surface area contributed by atoms with Gasteiger partial charge in [-0.2, -0.15) is 5.26 Å². The third-order valence-electron chi connectivity index (χ3n) is 2.50. The van der Waals surface area contributed by atoms with Crippen LogP contribution in [-0.2, 0) is 9.47 Å². The van der Waals surface area contributed by atoms with E-state index >= 15 is 0 Å².